The molecule has 24 heavy (non-hydrogen) atoms. The minimum absolute atomic E-state index is 0.289. The molecule has 2 aromatic heterocycles. The molecule has 0 fully saturated rings. The highest BCUT2D eigenvalue weighted by molar-refractivity contribution is 5.75. The molecule has 0 saturated carbocycles. The molecular formula is C20H14FN3. The Morgan fingerprint density at radius 2 is 1.54 bits per heavy atom. The van der Waals surface area contributed by atoms with E-state index < -0.39 is 0 Å². The van der Waals surface area contributed by atoms with E-state index >= 15 is 0 Å². The molecule has 4 aromatic rings. The smallest absolute Gasteiger partial charge is 0.171 e. The van der Waals surface area contributed by atoms with Crippen molar-refractivity contribution in [3.05, 3.63) is 90.5 Å². The van der Waals surface area contributed by atoms with Crippen LogP contribution in [0.2, 0.25) is 0 Å². The number of aromatic nitrogens is 3. The summed E-state index contributed by atoms with van der Waals surface area (Å²) >= 11 is 0. The molecule has 4 rings (SSSR count). The van der Waals surface area contributed by atoms with Gasteiger partial charge in [-0.1, -0.05) is 42.3 Å². The van der Waals surface area contributed by atoms with Gasteiger partial charge in [0, 0.05) is 18.0 Å². The number of benzene rings is 2. The number of hydrogen-bond donors (Lipinski definition) is 0. The SMILES string of the molecule is C#Cc1c(-c2ccc(F)cc2)nn2cccnc12.c1ccccc1. The molecule has 3 nitrogen and oxygen atoms in total. The molecule has 0 aliphatic heterocycles. The summed E-state index contributed by atoms with van der Waals surface area (Å²) in [5.41, 5.74) is 2.65. The average molecular weight is 315 g/mol. The fourth-order valence-corrected chi connectivity index (χ4v) is 2.21. The highest BCUT2D eigenvalue weighted by Gasteiger charge is 2.13. The van der Waals surface area contributed by atoms with Gasteiger partial charge in [-0.15, -0.1) is 6.42 Å². The fraction of sp³-hybridized carbons (Fsp3) is 0. The Morgan fingerprint density at radius 1 is 0.917 bits per heavy atom. The Morgan fingerprint density at radius 3 is 2.12 bits per heavy atom. The maximum Gasteiger partial charge on any atom is 0.171 e. The lowest BCUT2D eigenvalue weighted by Crippen LogP contribution is -1.87. The highest BCUT2D eigenvalue weighted by atomic mass is 19.1. The fourth-order valence-electron chi connectivity index (χ4n) is 2.21. The molecule has 0 aliphatic carbocycles. The Bertz CT molecular complexity index is 941. The van der Waals surface area contributed by atoms with Gasteiger partial charge in [-0.2, -0.15) is 5.10 Å². The van der Waals surface area contributed by atoms with Crippen LogP contribution < -0.4 is 0 Å². The van der Waals surface area contributed by atoms with Crippen molar-refractivity contribution in [1.29, 1.82) is 0 Å². The van der Waals surface area contributed by atoms with Gasteiger partial charge < -0.3 is 0 Å². The van der Waals surface area contributed by atoms with Crippen LogP contribution in [0.5, 0.6) is 0 Å². The lowest BCUT2D eigenvalue weighted by Gasteiger charge is -1.96. The van der Waals surface area contributed by atoms with Crippen molar-refractivity contribution < 1.29 is 4.39 Å². The van der Waals surface area contributed by atoms with E-state index in [-0.39, 0.29) is 5.82 Å². The van der Waals surface area contributed by atoms with E-state index in [4.69, 9.17) is 6.42 Å². The van der Waals surface area contributed by atoms with E-state index in [1.54, 1.807) is 35.1 Å². The molecule has 4 heteroatoms. The quantitative estimate of drug-likeness (QED) is 0.493. The van der Waals surface area contributed by atoms with Crippen molar-refractivity contribution >= 4 is 5.65 Å². The van der Waals surface area contributed by atoms with E-state index in [2.05, 4.69) is 16.0 Å². The Kier molecular flexibility index (Phi) is 4.64. The van der Waals surface area contributed by atoms with Gasteiger partial charge in [0.1, 0.15) is 11.5 Å². The van der Waals surface area contributed by atoms with Crippen molar-refractivity contribution in [3.8, 4) is 23.6 Å². The van der Waals surface area contributed by atoms with Gasteiger partial charge in [0.25, 0.3) is 0 Å². The van der Waals surface area contributed by atoms with Crippen LogP contribution in [-0.2, 0) is 0 Å². The monoisotopic (exact) mass is 315 g/mol. The van der Waals surface area contributed by atoms with Gasteiger partial charge >= 0.3 is 0 Å². The third kappa shape index (κ3) is 3.31. The third-order valence-corrected chi connectivity index (χ3v) is 3.32. The predicted octanol–water partition coefficient (Wildman–Crippen LogP) is 4.20. The minimum Gasteiger partial charge on any atom is -0.236 e. The Hall–Kier alpha value is -3.45. The number of rotatable bonds is 1. The largest absolute Gasteiger partial charge is 0.236 e. The highest BCUT2D eigenvalue weighted by Crippen LogP contribution is 2.24. The van der Waals surface area contributed by atoms with Crippen LogP contribution >= 0.6 is 0 Å². The van der Waals surface area contributed by atoms with Gasteiger partial charge in [0.2, 0.25) is 0 Å². The number of terminal acetylenes is 1. The normalized spacial score (nSPS) is 9.83. The summed E-state index contributed by atoms with van der Waals surface area (Å²) < 4.78 is 14.5. The first kappa shape index (κ1) is 15.4. The molecule has 2 heterocycles. The molecule has 0 radical (unpaired) electrons. The standard InChI is InChI=1S/C14H8FN3.C6H6/c1-2-12-13(10-4-6-11(15)7-5-10)17-18-9-3-8-16-14(12)18;1-2-4-6-5-3-1/h1,3-9H;1-6H. The van der Waals surface area contributed by atoms with Crippen molar-refractivity contribution in [2.24, 2.45) is 0 Å². The van der Waals surface area contributed by atoms with Crippen LogP contribution in [0, 0.1) is 18.2 Å². The second kappa shape index (κ2) is 7.21. The van der Waals surface area contributed by atoms with Crippen molar-refractivity contribution in [3.63, 3.8) is 0 Å². The summed E-state index contributed by atoms with van der Waals surface area (Å²) in [6.07, 6.45) is 8.94. The van der Waals surface area contributed by atoms with Crippen LogP contribution in [0.4, 0.5) is 4.39 Å². The molecular weight excluding hydrogens is 301 g/mol. The van der Waals surface area contributed by atoms with Gasteiger partial charge in [-0.25, -0.2) is 13.9 Å². The Balaban J connectivity index is 0.000000238. The van der Waals surface area contributed by atoms with Gasteiger partial charge in [-0.05, 0) is 30.3 Å². The minimum atomic E-state index is -0.289. The van der Waals surface area contributed by atoms with E-state index in [0.717, 1.165) is 5.56 Å². The van der Waals surface area contributed by atoms with Crippen LogP contribution in [-0.4, -0.2) is 14.6 Å². The Labute approximate surface area is 139 Å². The van der Waals surface area contributed by atoms with Crippen molar-refractivity contribution in [1.82, 2.24) is 14.6 Å². The molecule has 0 bridgehead atoms. The van der Waals surface area contributed by atoms with Crippen LogP contribution in [0.3, 0.4) is 0 Å². The second-order valence-electron chi connectivity index (χ2n) is 4.92. The van der Waals surface area contributed by atoms with Crippen LogP contribution in [0.25, 0.3) is 16.9 Å². The molecule has 116 valence electrons. The molecule has 0 spiro atoms. The molecule has 0 atom stereocenters. The lowest BCUT2D eigenvalue weighted by molar-refractivity contribution is 0.628. The second-order valence-corrected chi connectivity index (χ2v) is 4.92. The topological polar surface area (TPSA) is 30.2 Å². The van der Waals surface area contributed by atoms with E-state index in [1.165, 1.54) is 12.1 Å². The molecule has 0 amide bonds. The van der Waals surface area contributed by atoms with Gasteiger partial charge in [0.05, 0.1) is 5.56 Å². The van der Waals surface area contributed by atoms with E-state index in [1.807, 2.05) is 36.4 Å². The first-order valence-corrected chi connectivity index (χ1v) is 7.35. The lowest BCUT2D eigenvalue weighted by atomic mass is 10.1. The maximum atomic E-state index is 12.9. The zero-order chi connectivity index (χ0) is 16.8. The van der Waals surface area contributed by atoms with Gasteiger partial charge in [0.15, 0.2) is 5.65 Å². The first-order chi connectivity index (χ1) is 11.8. The van der Waals surface area contributed by atoms with Crippen LogP contribution in [0.15, 0.2) is 79.1 Å². The summed E-state index contributed by atoms with van der Waals surface area (Å²) in [5.74, 6) is 2.30. The molecule has 0 N–H and O–H groups in total. The molecule has 0 aliphatic rings. The van der Waals surface area contributed by atoms with Crippen molar-refractivity contribution in [2.75, 3.05) is 0 Å². The maximum absolute atomic E-state index is 12.9. The average Bonchev–Trinajstić information content (AvgIpc) is 3.03. The molecule has 2 aromatic carbocycles. The van der Waals surface area contributed by atoms with Crippen LogP contribution in [0.1, 0.15) is 5.56 Å². The number of halogens is 1. The summed E-state index contributed by atoms with van der Waals surface area (Å²) in [4.78, 5) is 4.20. The zero-order valence-corrected chi connectivity index (χ0v) is 12.8. The van der Waals surface area contributed by atoms with Gasteiger partial charge in [-0.3, -0.25) is 0 Å². The third-order valence-electron chi connectivity index (χ3n) is 3.32. The molecule has 0 saturated heterocycles. The van der Waals surface area contributed by atoms with Crippen molar-refractivity contribution in [2.45, 2.75) is 0 Å². The summed E-state index contributed by atoms with van der Waals surface area (Å²) in [6.45, 7) is 0. The van der Waals surface area contributed by atoms with E-state index in [9.17, 15) is 4.39 Å². The number of fused-ring (bicyclic) bond motifs is 1. The zero-order valence-electron chi connectivity index (χ0n) is 12.8. The summed E-state index contributed by atoms with van der Waals surface area (Å²) in [5, 5.41) is 4.37. The molecule has 0 unspecified atom stereocenters. The number of nitrogens with zero attached hydrogens (tertiary/aromatic N) is 3. The summed E-state index contributed by atoms with van der Waals surface area (Å²) in [7, 11) is 0. The predicted molar refractivity (Wildman–Crippen MR) is 92.8 cm³/mol. The number of hydrogen-bond acceptors (Lipinski definition) is 2. The summed E-state index contributed by atoms with van der Waals surface area (Å²) in [6, 6.07) is 19.8. The van der Waals surface area contributed by atoms with E-state index in [0.29, 0.717) is 16.9 Å². The first-order valence-electron chi connectivity index (χ1n) is 7.35.